The summed E-state index contributed by atoms with van der Waals surface area (Å²) >= 11 is 0. The molecular formula is C20H34N4O3. The van der Waals surface area contributed by atoms with Gasteiger partial charge < -0.3 is 14.4 Å². The fraction of sp³-hybridized carbons (Fsp3) is 0.800. The molecule has 2 atom stereocenters. The molecule has 7 heteroatoms. The van der Waals surface area contributed by atoms with E-state index in [1.165, 1.54) is 0 Å². The molecule has 3 heterocycles. The molecule has 1 amide bonds. The summed E-state index contributed by atoms with van der Waals surface area (Å²) in [7, 11) is 0. The zero-order chi connectivity index (χ0) is 19.1. The van der Waals surface area contributed by atoms with Crippen molar-refractivity contribution >= 4 is 5.91 Å². The second-order valence-corrected chi connectivity index (χ2v) is 7.84. The Labute approximate surface area is 162 Å². The Morgan fingerprint density at radius 2 is 1.93 bits per heavy atom. The average Bonchev–Trinajstić information content (AvgIpc) is 3.15. The maximum absolute atomic E-state index is 12.4. The first kappa shape index (κ1) is 20.3. The molecule has 152 valence electrons. The third-order valence-electron chi connectivity index (χ3n) is 5.39. The average molecular weight is 379 g/mol. The summed E-state index contributed by atoms with van der Waals surface area (Å²) in [4.78, 5) is 16.8. The van der Waals surface area contributed by atoms with Gasteiger partial charge in [-0.1, -0.05) is 0 Å². The quantitative estimate of drug-likeness (QED) is 0.690. The summed E-state index contributed by atoms with van der Waals surface area (Å²) in [6.45, 7) is 10.4. The molecule has 0 radical (unpaired) electrons. The zero-order valence-electron chi connectivity index (χ0n) is 16.8. The monoisotopic (exact) mass is 378 g/mol. The highest BCUT2D eigenvalue weighted by Gasteiger charge is 2.24. The standard InChI is InChI=1S/C20H34N4O3/c1-17-15-22(16-18(2)27-17)13-14-26-19-6-11-23(12-7-19)20(25)5-3-9-24-10-4-8-21-24/h4,8,10,17-19H,3,5-7,9,11-16H2,1-2H3/t17-,18-/m1/s1. The summed E-state index contributed by atoms with van der Waals surface area (Å²) in [5.41, 5.74) is 0. The van der Waals surface area contributed by atoms with Crippen LogP contribution in [0.1, 0.15) is 39.5 Å². The first-order valence-corrected chi connectivity index (χ1v) is 10.3. The van der Waals surface area contributed by atoms with Gasteiger partial charge in [0.25, 0.3) is 0 Å². The van der Waals surface area contributed by atoms with Gasteiger partial charge in [-0.25, -0.2) is 0 Å². The number of carbonyl (C=O) groups excluding carboxylic acids is 1. The molecule has 0 bridgehead atoms. The molecule has 0 N–H and O–H groups in total. The number of morpholine rings is 1. The highest BCUT2D eigenvalue weighted by Crippen LogP contribution is 2.16. The van der Waals surface area contributed by atoms with Gasteiger partial charge in [0.05, 0.1) is 24.9 Å². The van der Waals surface area contributed by atoms with Gasteiger partial charge in [-0.2, -0.15) is 5.10 Å². The smallest absolute Gasteiger partial charge is 0.222 e. The van der Waals surface area contributed by atoms with Crippen molar-refractivity contribution in [3.8, 4) is 0 Å². The SMILES string of the molecule is C[C@@H]1CN(CCOC2CCN(C(=O)CCCn3cccn3)CC2)C[C@@H](C)O1. The zero-order valence-corrected chi connectivity index (χ0v) is 16.8. The van der Waals surface area contributed by atoms with E-state index in [-0.39, 0.29) is 12.0 Å². The van der Waals surface area contributed by atoms with Gasteiger partial charge in [0.2, 0.25) is 5.91 Å². The van der Waals surface area contributed by atoms with E-state index in [4.69, 9.17) is 9.47 Å². The van der Waals surface area contributed by atoms with Crippen LogP contribution in [0.25, 0.3) is 0 Å². The Kier molecular flexibility index (Phi) is 7.67. The topological polar surface area (TPSA) is 59.8 Å². The van der Waals surface area contributed by atoms with Crippen LogP contribution in [0.4, 0.5) is 0 Å². The molecule has 2 aliphatic heterocycles. The van der Waals surface area contributed by atoms with Crippen LogP contribution in [0.3, 0.4) is 0 Å². The summed E-state index contributed by atoms with van der Waals surface area (Å²) in [5, 5.41) is 4.17. The third kappa shape index (κ3) is 6.59. The first-order chi connectivity index (χ1) is 13.1. The van der Waals surface area contributed by atoms with Crippen molar-refractivity contribution in [3.63, 3.8) is 0 Å². The van der Waals surface area contributed by atoms with Crippen LogP contribution in [0.5, 0.6) is 0 Å². The number of hydrogen-bond donors (Lipinski definition) is 0. The Bertz CT molecular complexity index is 548. The lowest BCUT2D eigenvalue weighted by Gasteiger charge is -2.36. The van der Waals surface area contributed by atoms with E-state index in [9.17, 15) is 4.79 Å². The second-order valence-electron chi connectivity index (χ2n) is 7.84. The summed E-state index contributed by atoms with van der Waals surface area (Å²) in [5.74, 6) is 0.261. The fourth-order valence-corrected chi connectivity index (χ4v) is 4.07. The number of aromatic nitrogens is 2. The van der Waals surface area contributed by atoms with Gasteiger partial charge in [0.15, 0.2) is 0 Å². The number of carbonyl (C=O) groups is 1. The molecular weight excluding hydrogens is 344 g/mol. The Morgan fingerprint density at radius 3 is 2.59 bits per heavy atom. The van der Waals surface area contributed by atoms with E-state index in [2.05, 4.69) is 23.8 Å². The number of aryl methyl sites for hydroxylation is 1. The maximum atomic E-state index is 12.4. The highest BCUT2D eigenvalue weighted by molar-refractivity contribution is 5.76. The largest absolute Gasteiger partial charge is 0.377 e. The number of piperidine rings is 1. The predicted molar refractivity (Wildman–Crippen MR) is 103 cm³/mol. The minimum absolute atomic E-state index is 0.261. The summed E-state index contributed by atoms with van der Waals surface area (Å²) in [6.07, 6.45) is 7.92. The molecule has 0 aliphatic carbocycles. The predicted octanol–water partition coefficient (Wildman–Crippen LogP) is 1.78. The molecule has 7 nitrogen and oxygen atoms in total. The van der Waals surface area contributed by atoms with E-state index >= 15 is 0 Å². The lowest BCUT2D eigenvalue weighted by molar-refractivity contribution is -0.134. The van der Waals surface area contributed by atoms with E-state index in [1.807, 2.05) is 21.8 Å². The van der Waals surface area contributed by atoms with E-state index in [1.54, 1.807) is 6.20 Å². The van der Waals surface area contributed by atoms with Gasteiger partial charge >= 0.3 is 0 Å². The van der Waals surface area contributed by atoms with Gasteiger partial charge in [0.1, 0.15) is 0 Å². The lowest BCUT2D eigenvalue weighted by Crippen LogP contribution is -2.47. The van der Waals surface area contributed by atoms with Crippen LogP contribution < -0.4 is 0 Å². The molecule has 2 saturated heterocycles. The molecule has 27 heavy (non-hydrogen) atoms. The van der Waals surface area contributed by atoms with Gasteiger partial charge in [-0.3, -0.25) is 14.4 Å². The molecule has 0 spiro atoms. The van der Waals surface area contributed by atoms with E-state index in [0.717, 1.165) is 65.1 Å². The molecule has 3 rings (SSSR count). The molecule has 0 saturated carbocycles. The summed E-state index contributed by atoms with van der Waals surface area (Å²) < 4.78 is 13.7. The van der Waals surface area contributed by atoms with E-state index in [0.29, 0.717) is 18.6 Å². The Balaban J connectivity index is 1.26. The van der Waals surface area contributed by atoms with Crippen molar-refractivity contribution in [2.45, 2.75) is 64.4 Å². The summed E-state index contributed by atoms with van der Waals surface area (Å²) in [6, 6.07) is 1.91. The van der Waals surface area contributed by atoms with Gasteiger partial charge in [0, 0.05) is 58.1 Å². The Hall–Kier alpha value is -1.44. The molecule has 0 aromatic carbocycles. The van der Waals surface area contributed by atoms with Crippen molar-refractivity contribution < 1.29 is 14.3 Å². The van der Waals surface area contributed by atoms with Crippen LogP contribution in [0.15, 0.2) is 18.5 Å². The number of hydrogen-bond acceptors (Lipinski definition) is 5. The van der Waals surface area contributed by atoms with Crippen LogP contribution in [0.2, 0.25) is 0 Å². The number of ether oxygens (including phenoxy) is 2. The number of nitrogens with zero attached hydrogens (tertiary/aromatic N) is 4. The number of rotatable bonds is 8. The number of amides is 1. The van der Waals surface area contributed by atoms with Gasteiger partial charge in [-0.15, -0.1) is 0 Å². The highest BCUT2D eigenvalue weighted by atomic mass is 16.5. The second kappa shape index (κ2) is 10.2. The van der Waals surface area contributed by atoms with Crippen LogP contribution >= 0.6 is 0 Å². The fourth-order valence-electron chi connectivity index (χ4n) is 4.07. The maximum Gasteiger partial charge on any atom is 0.222 e. The first-order valence-electron chi connectivity index (χ1n) is 10.3. The van der Waals surface area contributed by atoms with Crippen molar-refractivity contribution in [2.75, 3.05) is 39.3 Å². The van der Waals surface area contributed by atoms with Crippen molar-refractivity contribution in [1.29, 1.82) is 0 Å². The van der Waals surface area contributed by atoms with Crippen molar-refractivity contribution in [1.82, 2.24) is 19.6 Å². The van der Waals surface area contributed by atoms with Crippen LogP contribution in [-0.2, 0) is 20.8 Å². The molecule has 1 aromatic heterocycles. The minimum Gasteiger partial charge on any atom is -0.377 e. The minimum atomic E-state index is 0.261. The number of likely N-dealkylation sites (tertiary alicyclic amines) is 1. The third-order valence-corrected chi connectivity index (χ3v) is 5.39. The van der Waals surface area contributed by atoms with Crippen LogP contribution in [0, 0.1) is 0 Å². The van der Waals surface area contributed by atoms with Gasteiger partial charge in [-0.05, 0) is 39.2 Å². The normalized spacial score (nSPS) is 25.0. The van der Waals surface area contributed by atoms with Crippen molar-refractivity contribution in [3.05, 3.63) is 18.5 Å². The molecule has 2 aliphatic rings. The Morgan fingerprint density at radius 1 is 1.19 bits per heavy atom. The molecule has 2 fully saturated rings. The van der Waals surface area contributed by atoms with Crippen molar-refractivity contribution in [2.24, 2.45) is 0 Å². The van der Waals surface area contributed by atoms with E-state index < -0.39 is 0 Å². The lowest BCUT2D eigenvalue weighted by atomic mass is 10.1. The molecule has 1 aromatic rings. The van der Waals surface area contributed by atoms with Crippen LogP contribution in [-0.4, -0.2) is 83.1 Å². The molecule has 0 unspecified atom stereocenters.